The van der Waals surface area contributed by atoms with Crippen LogP contribution in [0.25, 0.3) is 0 Å². The monoisotopic (exact) mass is 453 g/mol. The second-order valence-electron chi connectivity index (χ2n) is 5.76. The first-order chi connectivity index (χ1) is 10.3. The predicted molar refractivity (Wildman–Crippen MR) is 104 cm³/mol. The number of hydrogen-bond acceptors (Lipinski definition) is 4. The van der Waals surface area contributed by atoms with E-state index in [2.05, 4.69) is 10.3 Å². The second kappa shape index (κ2) is 8.29. The predicted octanol–water partition coefficient (Wildman–Crippen LogP) is 1.93. The molecule has 0 atom stereocenters. The van der Waals surface area contributed by atoms with Crippen LogP contribution in [0.3, 0.4) is 0 Å². The summed E-state index contributed by atoms with van der Waals surface area (Å²) in [5.74, 6) is 0.222. The third-order valence-electron chi connectivity index (χ3n) is 4.02. The fraction of sp³-hybridized carbons (Fsp3) is 0.533. The van der Waals surface area contributed by atoms with Gasteiger partial charge in [0.1, 0.15) is 0 Å². The Bertz CT molecular complexity index is 656. The van der Waals surface area contributed by atoms with E-state index in [4.69, 9.17) is 10.5 Å². The summed E-state index contributed by atoms with van der Waals surface area (Å²) in [6, 6.07) is 7.74. The van der Waals surface area contributed by atoms with Crippen molar-refractivity contribution in [3.05, 3.63) is 29.8 Å². The number of sulfone groups is 1. The van der Waals surface area contributed by atoms with Crippen molar-refractivity contribution in [2.24, 2.45) is 10.7 Å². The topological polar surface area (TPSA) is 93.8 Å². The molecular weight excluding hydrogens is 429 g/mol. The Morgan fingerprint density at radius 2 is 2.04 bits per heavy atom. The van der Waals surface area contributed by atoms with Crippen LogP contribution >= 0.6 is 24.0 Å². The van der Waals surface area contributed by atoms with Crippen LogP contribution in [-0.4, -0.2) is 45.1 Å². The van der Waals surface area contributed by atoms with Crippen molar-refractivity contribution >= 4 is 45.5 Å². The number of rotatable bonds is 4. The third-order valence-corrected chi connectivity index (χ3v) is 6.13. The van der Waals surface area contributed by atoms with Crippen LogP contribution in [-0.2, 0) is 14.6 Å². The normalized spacial score (nSPS) is 18.1. The lowest BCUT2D eigenvalue weighted by Gasteiger charge is -2.34. The van der Waals surface area contributed by atoms with Crippen molar-refractivity contribution in [3.8, 4) is 0 Å². The highest BCUT2D eigenvalue weighted by Gasteiger charge is 2.42. The molecule has 1 aliphatic rings. The molecule has 0 aliphatic carbocycles. The minimum absolute atomic E-state index is 0. The van der Waals surface area contributed by atoms with E-state index in [1.165, 1.54) is 6.26 Å². The zero-order valence-corrected chi connectivity index (χ0v) is 16.6. The highest BCUT2D eigenvalue weighted by atomic mass is 127. The molecule has 1 aromatic rings. The average Bonchev–Trinajstić information content (AvgIpc) is 2.45. The van der Waals surface area contributed by atoms with Gasteiger partial charge in [0.2, 0.25) is 0 Å². The van der Waals surface area contributed by atoms with Crippen LogP contribution in [0.2, 0.25) is 0 Å². The van der Waals surface area contributed by atoms with Gasteiger partial charge >= 0.3 is 0 Å². The van der Waals surface area contributed by atoms with Crippen LogP contribution in [0, 0.1) is 6.92 Å². The molecule has 0 saturated carbocycles. The van der Waals surface area contributed by atoms with Gasteiger partial charge in [-0.15, -0.1) is 24.0 Å². The Morgan fingerprint density at radius 3 is 2.61 bits per heavy atom. The van der Waals surface area contributed by atoms with E-state index < -0.39 is 14.6 Å². The lowest BCUT2D eigenvalue weighted by atomic mass is 9.99. The molecule has 23 heavy (non-hydrogen) atoms. The van der Waals surface area contributed by atoms with Crippen molar-refractivity contribution in [1.82, 2.24) is 0 Å². The first-order valence-electron chi connectivity index (χ1n) is 7.23. The van der Waals surface area contributed by atoms with Gasteiger partial charge in [-0.3, -0.25) is 4.99 Å². The van der Waals surface area contributed by atoms with Crippen molar-refractivity contribution < 1.29 is 13.2 Å². The molecule has 0 unspecified atom stereocenters. The van der Waals surface area contributed by atoms with E-state index in [0.29, 0.717) is 26.1 Å². The maximum atomic E-state index is 12.1. The highest BCUT2D eigenvalue weighted by molar-refractivity contribution is 14.0. The molecule has 2 rings (SSSR count). The molecule has 0 amide bonds. The van der Waals surface area contributed by atoms with E-state index in [9.17, 15) is 8.42 Å². The summed E-state index contributed by atoms with van der Waals surface area (Å²) in [5.41, 5.74) is 7.83. The summed E-state index contributed by atoms with van der Waals surface area (Å²) < 4.78 is 28.7. The molecule has 0 radical (unpaired) electrons. The zero-order chi connectivity index (χ0) is 16.2. The molecule has 3 N–H and O–H groups in total. The number of nitrogens with one attached hydrogen (secondary N) is 1. The number of ether oxygens (including phenoxy) is 1. The minimum Gasteiger partial charge on any atom is -0.381 e. The Balaban J connectivity index is 0.00000264. The summed E-state index contributed by atoms with van der Waals surface area (Å²) in [6.07, 6.45) is 2.16. The van der Waals surface area contributed by atoms with E-state index in [-0.39, 0.29) is 36.5 Å². The molecule has 1 fully saturated rings. The fourth-order valence-corrected chi connectivity index (χ4v) is 3.74. The lowest BCUT2D eigenvalue weighted by Crippen LogP contribution is -2.46. The van der Waals surface area contributed by atoms with E-state index in [0.717, 1.165) is 11.3 Å². The van der Waals surface area contributed by atoms with Gasteiger partial charge in [0.25, 0.3) is 0 Å². The van der Waals surface area contributed by atoms with Gasteiger partial charge in [-0.2, -0.15) is 0 Å². The molecule has 0 aromatic heterocycles. The van der Waals surface area contributed by atoms with Gasteiger partial charge in [0.15, 0.2) is 15.8 Å². The van der Waals surface area contributed by atoms with Crippen LogP contribution in [0.4, 0.5) is 5.69 Å². The minimum atomic E-state index is -3.23. The molecule has 130 valence electrons. The van der Waals surface area contributed by atoms with E-state index >= 15 is 0 Å². The van der Waals surface area contributed by atoms with Gasteiger partial charge in [-0.1, -0.05) is 12.1 Å². The molecule has 1 saturated heterocycles. The smallest absolute Gasteiger partial charge is 0.193 e. The van der Waals surface area contributed by atoms with Crippen LogP contribution in [0.5, 0.6) is 0 Å². The molecule has 1 aliphatic heterocycles. The molecular formula is C15H24IN3O3S. The summed E-state index contributed by atoms with van der Waals surface area (Å²) in [6.45, 7) is 3.01. The van der Waals surface area contributed by atoms with Crippen molar-refractivity contribution in [2.45, 2.75) is 24.5 Å². The SMILES string of the molecule is Cc1cccc(NC(N)=NCC2(S(C)(=O)=O)CCOCC2)c1.I. The number of aliphatic imine (C=N–C) groups is 1. The highest BCUT2D eigenvalue weighted by Crippen LogP contribution is 2.29. The quantitative estimate of drug-likeness (QED) is 0.413. The Morgan fingerprint density at radius 1 is 1.39 bits per heavy atom. The van der Waals surface area contributed by atoms with Gasteiger partial charge < -0.3 is 15.8 Å². The number of nitrogens with zero attached hydrogens (tertiary/aromatic N) is 1. The lowest BCUT2D eigenvalue weighted by molar-refractivity contribution is 0.0768. The number of aryl methyl sites for hydroxylation is 1. The number of hydrogen-bond donors (Lipinski definition) is 2. The summed E-state index contributed by atoms with van der Waals surface area (Å²) in [7, 11) is -3.23. The molecule has 0 bridgehead atoms. The summed E-state index contributed by atoms with van der Waals surface area (Å²) in [5, 5.41) is 2.99. The molecule has 6 nitrogen and oxygen atoms in total. The van der Waals surface area contributed by atoms with Crippen molar-refractivity contribution in [3.63, 3.8) is 0 Å². The van der Waals surface area contributed by atoms with Gasteiger partial charge in [0.05, 0.1) is 11.3 Å². The fourth-order valence-electron chi connectivity index (χ4n) is 2.53. The first-order valence-corrected chi connectivity index (χ1v) is 9.13. The number of halogens is 1. The first kappa shape index (κ1) is 20.2. The number of nitrogens with two attached hydrogens (primary N) is 1. The van der Waals surface area contributed by atoms with Crippen LogP contribution < -0.4 is 11.1 Å². The number of guanidine groups is 1. The average molecular weight is 453 g/mol. The summed E-state index contributed by atoms with van der Waals surface area (Å²) in [4.78, 5) is 4.26. The van der Waals surface area contributed by atoms with E-state index in [1.54, 1.807) is 0 Å². The van der Waals surface area contributed by atoms with Crippen molar-refractivity contribution in [2.75, 3.05) is 31.3 Å². The zero-order valence-electron chi connectivity index (χ0n) is 13.4. The third kappa shape index (κ3) is 5.32. The second-order valence-corrected chi connectivity index (χ2v) is 8.17. The van der Waals surface area contributed by atoms with Gasteiger partial charge in [0, 0.05) is 25.2 Å². The largest absolute Gasteiger partial charge is 0.381 e. The maximum absolute atomic E-state index is 12.1. The molecule has 8 heteroatoms. The summed E-state index contributed by atoms with van der Waals surface area (Å²) >= 11 is 0. The van der Waals surface area contributed by atoms with E-state index in [1.807, 2.05) is 31.2 Å². The standard InChI is InChI=1S/C15H23N3O3S.HI/c1-12-4-3-5-13(10-12)18-14(16)17-11-15(22(2,19)20)6-8-21-9-7-15;/h3-5,10H,6-9,11H2,1-2H3,(H3,16,17,18);1H. The van der Waals surface area contributed by atoms with Gasteiger partial charge in [-0.25, -0.2) is 8.42 Å². The molecule has 0 spiro atoms. The molecule has 1 heterocycles. The number of anilines is 1. The maximum Gasteiger partial charge on any atom is 0.193 e. The van der Waals surface area contributed by atoms with Gasteiger partial charge in [-0.05, 0) is 37.5 Å². The Hall–Kier alpha value is -0.870. The van der Waals surface area contributed by atoms with Crippen molar-refractivity contribution in [1.29, 1.82) is 0 Å². The molecule has 1 aromatic carbocycles. The van der Waals surface area contributed by atoms with Crippen LogP contribution in [0.1, 0.15) is 18.4 Å². The Kier molecular flexibility index (Phi) is 7.28. The number of benzene rings is 1. The van der Waals surface area contributed by atoms with Crippen LogP contribution in [0.15, 0.2) is 29.3 Å². The Labute approximate surface area is 154 Å².